The van der Waals surface area contributed by atoms with Crippen LogP contribution in [0.4, 0.5) is 0 Å². The lowest BCUT2D eigenvalue weighted by Gasteiger charge is -2.28. The Kier molecular flexibility index (Phi) is 3.23. The summed E-state index contributed by atoms with van der Waals surface area (Å²) in [5, 5.41) is 0. The Morgan fingerprint density at radius 1 is 1.83 bits per heavy atom. The zero-order chi connectivity index (χ0) is 8.97. The lowest BCUT2D eigenvalue weighted by Crippen LogP contribution is -2.45. The minimum Gasteiger partial charge on any atom is -0.327 e. The van der Waals surface area contributed by atoms with E-state index in [0.29, 0.717) is 6.54 Å². The molecule has 0 aliphatic carbocycles. The van der Waals surface area contributed by atoms with Crippen molar-refractivity contribution in [2.24, 2.45) is 0 Å². The minimum atomic E-state index is -0.139. The van der Waals surface area contributed by atoms with E-state index in [1.165, 1.54) is 7.41 Å². The first kappa shape index (κ1) is 9.19. The molecular formula is C8H11BNO2. The van der Waals surface area contributed by atoms with Crippen molar-refractivity contribution in [2.45, 2.75) is 19.4 Å². The van der Waals surface area contributed by atoms with E-state index >= 15 is 0 Å². The highest BCUT2D eigenvalue weighted by Gasteiger charge is 2.24. The number of rotatable bonds is 3. The maximum atomic E-state index is 11.2. The van der Waals surface area contributed by atoms with E-state index in [0.717, 1.165) is 12.6 Å². The van der Waals surface area contributed by atoms with Gasteiger partial charge in [-0.25, -0.2) is 0 Å². The van der Waals surface area contributed by atoms with Gasteiger partial charge in [-0.15, -0.1) is 0 Å². The van der Waals surface area contributed by atoms with Crippen LogP contribution in [0.3, 0.4) is 0 Å². The molecule has 0 amide bonds. The van der Waals surface area contributed by atoms with Gasteiger partial charge in [-0.1, -0.05) is 13.0 Å². The molecule has 0 fully saturated rings. The van der Waals surface area contributed by atoms with Gasteiger partial charge >= 0.3 is 0 Å². The van der Waals surface area contributed by atoms with Crippen LogP contribution in [0.5, 0.6) is 0 Å². The van der Waals surface area contributed by atoms with Crippen LogP contribution >= 0.6 is 0 Å². The molecule has 1 atom stereocenters. The normalized spacial score (nSPS) is 24.1. The molecule has 0 saturated carbocycles. The number of carbonyl (C=O) groups excluding carboxylic acids is 2. The summed E-state index contributed by atoms with van der Waals surface area (Å²) in [6, 6.07) is -0.139. The fraction of sp³-hybridized carbons (Fsp3) is 0.500. The summed E-state index contributed by atoms with van der Waals surface area (Å²) < 4.78 is 0. The van der Waals surface area contributed by atoms with Gasteiger partial charge in [0.25, 0.3) is 7.41 Å². The van der Waals surface area contributed by atoms with Crippen LogP contribution in [0.2, 0.25) is 0 Å². The van der Waals surface area contributed by atoms with Gasteiger partial charge in [0, 0.05) is 6.54 Å². The molecule has 1 heterocycles. The smallest absolute Gasteiger partial charge is 0.294 e. The van der Waals surface area contributed by atoms with Crippen LogP contribution in [-0.4, -0.2) is 36.8 Å². The topological polar surface area (TPSA) is 37.4 Å². The number of nitrogens with zero attached hydrogens (tertiary/aromatic N) is 1. The summed E-state index contributed by atoms with van der Waals surface area (Å²) >= 11 is 0. The maximum absolute atomic E-state index is 11.2. The van der Waals surface area contributed by atoms with Gasteiger partial charge in [0.2, 0.25) is 0 Å². The Hall–Kier alpha value is -0.895. The Morgan fingerprint density at radius 2 is 2.58 bits per heavy atom. The first-order valence-electron chi connectivity index (χ1n) is 4.04. The second-order valence-electron chi connectivity index (χ2n) is 2.71. The van der Waals surface area contributed by atoms with Gasteiger partial charge in [0.15, 0.2) is 5.78 Å². The van der Waals surface area contributed by atoms with Crippen molar-refractivity contribution in [1.82, 2.24) is 4.81 Å². The van der Waals surface area contributed by atoms with Gasteiger partial charge in [-0.05, 0) is 12.5 Å². The first-order chi connectivity index (χ1) is 5.79. The van der Waals surface area contributed by atoms with Crippen LogP contribution < -0.4 is 0 Å². The van der Waals surface area contributed by atoms with Gasteiger partial charge in [-0.3, -0.25) is 4.79 Å². The summed E-state index contributed by atoms with van der Waals surface area (Å²) in [6.45, 7) is 2.59. The molecule has 1 radical (unpaired) electrons. The third kappa shape index (κ3) is 1.82. The second-order valence-corrected chi connectivity index (χ2v) is 2.71. The molecule has 1 aliphatic rings. The van der Waals surface area contributed by atoms with Crippen LogP contribution in [-0.2, 0) is 9.59 Å². The summed E-state index contributed by atoms with van der Waals surface area (Å²) in [6.07, 6.45) is 4.82. The van der Waals surface area contributed by atoms with Crippen molar-refractivity contribution >= 4 is 19.4 Å². The molecule has 63 valence electrons. The van der Waals surface area contributed by atoms with Crippen molar-refractivity contribution in [2.75, 3.05) is 6.54 Å². The highest BCUT2D eigenvalue weighted by molar-refractivity contribution is 6.64. The summed E-state index contributed by atoms with van der Waals surface area (Å²) in [5.41, 5.74) is 0. The molecule has 0 saturated heterocycles. The molecule has 4 heteroatoms. The minimum absolute atomic E-state index is 0.0850. The zero-order valence-electron chi connectivity index (χ0n) is 7.06. The van der Waals surface area contributed by atoms with Gasteiger partial charge < -0.3 is 9.61 Å². The molecule has 0 N–H and O–H groups in total. The molecule has 0 aromatic heterocycles. The van der Waals surface area contributed by atoms with E-state index in [4.69, 9.17) is 0 Å². The molecule has 3 nitrogen and oxygen atoms in total. The molecule has 0 unspecified atom stereocenters. The fourth-order valence-corrected chi connectivity index (χ4v) is 1.37. The third-order valence-electron chi connectivity index (χ3n) is 1.97. The molecule has 0 spiro atoms. The number of ketones is 1. The van der Waals surface area contributed by atoms with E-state index in [2.05, 4.69) is 0 Å². The number of hydrogen-bond acceptors (Lipinski definition) is 3. The SMILES string of the molecule is CC[C@@H]1C(=O)C=CCN1[B]C=O. The highest BCUT2D eigenvalue weighted by Crippen LogP contribution is 2.09. The Morgan fingerprint density at radius 3 is 3.17 bits per heavy atom. The summed E-state index contributed by atoms with van der Waals surface area (Å²) in [7, 11) is 1.43. The van der Waals surface area contributed by atoms with Crippen LogP contribution in [0.1, 0.15) is 13.3 Å². The lowest BCUT2D eigenvalue weighted by molar-refractivity contribution is -0.118. The van der Waals surface area contributed by atoms with Crippen molar-refractivity contribution in [1.29, 1.82) is 0 Å². The molecule has 1 aliphatic heterocycles. The van der Waals surface area contributed by atoms with Crippen LogP contribution in [0.25, 0.3) is 0 Å². The van der Waals surface area contributed by atoms with Crippen molar-refractivity contribution in [3.8, 4) is 0 Å². The van der Waals surface area contributed by atoms with Crippen LogP contribution in [0, 0.1) is 0 Å². The number of hydrogen-bond donors (Lipinski definition) is 0. The Labute approximate surface area is 72.7 Å². The van der Waals surface area contributed by atoms with Crippen molar-refractivity contribution < 1.29 is 9.59 Å². The molecule has 0 aromatic carbocycles. The van der Waals surface area contributed by atoms with Crippen molar-refractivity contribution in [3.63, 3.8) is 0 Å². The average molecular weight is 164 g/mol. The van der Waals surface area contributed by atoms with E-state index < -0.39 is 0 Å². The van der Waals surface area contributed by atoms with Gasteiger partial charge in [0.1, 0.15) is 0 Å². The molecular weight excluding hydrogens is 153 g/mol. The fourth-order valence-electron chi connectivity index (χ4n) is 1.37. The van der Waals surface area contributed by atoms with E-state index in [-0.39, 0.29) is 11.8 Å². The zero-order valence-corrected chi connectivity index (χ0v) is 7.06. The molecule has 0 bridgehead atoms. The quantitative estimate of drug-likeness (QED) is 0.435. The Balaban J connectivity index is 2.67. The summed E-state index contributed by atoms with van der Waals surface area (Å²) in [4.78, 5) is 23.2. The van der Waals surface area contributed by atoms with E-state index in [1.807, 2.05) is 6.92 Å². The van der Waals surface area contributed by atoms with Gasteiger partial charge in [0.05, 0.1) is 12.2 Å². The number of carbonyl (C=O) groups is 2. The van der Waals surface area contributed by atoms with Crippen LogP contribution in [0.15, 0.2) is 12.2 Å². The maximum Gasteiger partial charge on any atom is 0.294 e. The molecule has 12 heavy (non-hydrogen) atoms. The molecule has 1 rings (SSSR count). The second kappa shape index (κ2) is 4.21. The monoisotopic (exact) mass is 164 g/mol. The standard InChI is InChI=1S/C8H11BNO2/c1-2-7-8(12)4-3-5-10(7)9-6-11/h3-4,6-7H,2,5H2,1H3/t7-/m1/s1. The largest absolute Gasteiger partial charge is 0.327 e. The Bertz CT molecular complexity index is 215. The van der Waals surface area contributed by atoms with E-state index in [9.17, 15) is 9.59 Å². The van der Waals surface area contributed by atoms with E-state index in [1.54, 1.807) is 17.0 Å². The predicted octanol–water partition coefficient (Wildman–Crippen LogP) is 0.0153. The van der Waals surface area contributed by atoms with Crippen molar-refractivity contribution in [3.05, 3.63) is 12.2 Å². The summed E-state index contributed by atoms with van der Waals surface area (Å²) in [5.74, 6) is 0.0850. The predicted molar refractivity (Wildman–Crippen MR) is 47.4 cm³/mol. The lowest BCUT2D eigenvalue weighted by atomic mass is 9.87. The highest BCUT2D eigenvalue weighted by atomic mass is 16.1. The first-order valence-corrected chi connectivity index (χ1v) is 4.04. The third-order valence-corrected chi connectivity index (χ3v) is 1.97. The van der Waals surface area contributed by atoms with Gasteiger partial charge in [-0.2, -0.15) is 0 Å². The molecule has 0 aromatic rings. The average Bonchev–Trinajstić information content (AvgIpc) is 2.05.